The predicted octanol–water partition coefficient (Wildman–Crippen LogP) is 5.31. The van der Waals surface area contributed by atoms with Gasteiger partial charge in [-0.2, -0.15) is 0 Å². The Kier molecular flexibility index (Phi) is 3.90. The number of phenolic OH excluding ortho intramolecular Hbond substituents is 1. The normalized spacial score (nSPS) is 14.4. The summed E-state index contributed by atoms with van der Waals surface area (Å²) in [6.07, 6.45) is 1.71. The summed E-state index contributed by atoms with van der Waals surface area (Å²) in [6, 6.07) is 21.1. The van der Waals surface area contributed by atoms with E-state index < -0.39 is 0 Å². The Morgan fingerprint density at radius 2 is 1.72 bits per heavy atom. The van der Waals surface area contributed by atoms with Crippen molar-refractivity contribution in [2.45, 2.75) is 0 Å². The fourth-order valence-corrected chi connectivity index (χ4v) is 3.32. The van der Waals surface area contributed by atoms with Gasteiger partial charge in [0.2, 0.25) is 0 Å². The molecule has 4 rings (SSSR count). The lowest BCUT2D eigenvalue weighted by atomic mass is 9.99. The van der Waals surface area contributed by atoms with Gasteiger partial charge in [-0.25, -0.2) is 0 Å². The number of nitrogens with one attached hydrogen (secondary N) is 1. The molecule has 0 atom stereocenters. The van der Waals surface area contributed by atoms with Crippen LogP contribution in [0.5, 0.6) is 5.75 Å². The third kappa shape index (κ3) is 2.96. The van der Waals surface area contributed by atoms with Gasteiger partial charge < -0.3 is 10.4 Å². The van der Waals surface area contributed by atoms with Crippen LogP contribution >= 0.6 is 15.9 Å². The van der Waals surface area contributed by atoms with Crippen LogP contribution in [0, 0.1) is 0 Å². The van der Waals surface area contributed by atoms with Crippen molar-refractivity contribution in [1.82, 2.24) is 0 Å². The van der Waals surface area contributed by atoms with Crippen LogP contribution in [-0.2, 0) is 4.79 Å². The van der Waals surface area contributed by atoms with Gasteiger partial charge in [-0.15, -0.1) is 0 Å². The van der Waals surface area contributed by atoms with Gasteiger partial charge in [-0.3, -0.25) is 4.79 Å². The Morgan fingerprint density at radius 1 is 0.920 bits per heavy atom. The molecule has 25 heavy (non-hydrogen) atoms. The van der Waals surface area contributed by atoms with E-state index in [1.54, 1.807) is 24.3 Å². The quantitative estimate of drug-likeness (QED) is 0.581. The zero-order chi connectivity index (χ0) is 17.4. The van der Waals surface area contributed by atoms with Crippen LogP contribution in [-0.4, -0.2) is 11.0 Å². The van der Waals surface area contributed by atoms with Gasteiger partial charge >= 0.3 is 0 Å². The number of aromatic hydroxyl groups is 1. The first-order chi connectivity index (χ1) is 12.1. The monoisotopic (exact) mass is 391 g/mol. The number of benzene rings is 3. The van der Waals surface area contributed by atoms with E-state index in [1.807, 2.05) is 48.5 Å². The number of rotatable bonds is 2. The molecule has 4 heteroatoms. The molecule has 1 amide bonds. The van der Waals surface area contributed by atoms with E-state index in [4.69, 9.17) is 0 Å². The number of halogens is 1. The molecule has 0 radical (unpaired) electrons. The number of phenols is 1. The highest BCUT2D eigenvalue weighted by molar-refractivity contribution is 9.10. The lowest BCUT2D eigenvalue weighted by molar-refractivity contribution is -0.110. The topological polar surface area (TPSA) is 49.3 Å². The second-order valence-corrected chi connectivity index (χ2v) is 6.76. The van der Waals surface area contributed by atoms with Crippen LogP contribution in [0.15, 0.2) is 71.2 Å². The zero-order valence-electron chi connectivity index (χ0n) is 13.2. The maximum Gasteiger partial charge on any atom is 0.256 e. The number of carbonyl (C=O) groups excluding carboxylic acids is 1. The van der Waals surface area contributed by atoms with Crippen molar-refractivity contribution in [3.8, 4) is 16.9 Å². The molecule has 122 valence electrons. The van der Waals surface area contributed by atoms with Crippen molar-refractivity contribution in [1.29, 1.82) is 0 Å². The van der Waals surface area contributed by atoms with Gasteiger partial charge in [-0.1, -0.05) is 58.4 Å². The average molecular weight is 392 g/mol. The first kappa shape index (κ1) is 15.7. The molecule has 3 aromatic rings. The lowest BCUT2D eigenvalue weighted by Crippen LogP contribution is -2.03. The smallest absolute Gasteiger partial charge is 0.256 e. The summed E-state index contributed by atoms with van der Waals surface area (Å²) in [5, 5.41) is 12.9. The highest BCUT2D eigenvalue weighted by Gasteiger charge is 2.24. The van der Waals surface area contributed by atoms with E-state index in [0.717, 1.165) is 26.9 Å². The van der Waals surface area contributed by atoms with E-state index in [9.17, 15) is 9.90 Å². The summed E-state index contributed by atoms with van der Waals surface area (Å²) in [5.74, 6) is -0.0301. The number of hydrogen-bond donors (Lipinski definition) is 2. The van der Waals surface area contributed by atoms with E-state index in [1.165, 1.54) is 0 Å². The Hall–Kier alpha value is -2.85. The second kappa shape index (κ2) is 6.22. The third-order valence-corrected chi connectivity index (χ3v) is 4.69. The molecule has 1 heterocycles. The first-order valence-electron chi connectivity index (χ1n) is 7.83. The van der Waals surface area contributed by atoms with Crippen LogP contribution < -0.4 is 5.32 Å². The van der Waals surface area contributed by atoms with Crippen LogP contribution in [0.25, 0.3) is 22.8 Å². The highest BCUT2D eigenvalue weighted by Crippen LogP contribution is 2.37. The maximum atomic E-state index is 12.4. The Labute approximate surface area is 153 Å². The molecule has 1 aliphatic heterocycles. The van der Waals surface area contributed by atoms with Crippen LogP contribution in [0.2, 0.25) is 0 Å². The standard InChI is InChI=1S/C21H14BrNO2/c22-16-7-9-20(24)15(10-16)11-18-17-8-6-14(12-19(17)23-21(18)25)13-4-2-1-3-5-13/h1-12,24H,(H,23,25)/b18-11-. The fraction of sp³-hybridized carbons (Fsp3) is 0. The SMILES string of the molecule is O=C1Nc2cc(-c3ccccc3)ccc2/C1=C/c1cc(Br)ccc1O. The van der Waals surface area contributed by atoms with E-state index >= 15 is 0 Å². The van der Waals surface area contributed by atoms with Crippen molar-refractivity contribution in [3.63, 3.8) is 0 Å². The molecule has 0 aliphatic carbocycles. The molecule has 0 saturated heterocycles. The van der Waals surface area contributed by atoms with Crippen LogP contribution in [0.3, 0.4) is 0 Å². The summed E-state index contributed by atoms with van der Waals surface area (Å²) in [5.41, 5.74) is 4.91. The van der Waals surface area contributed by atoms with Crippen molar-refractivity contribution in [3.05, 3.63) is 82.3 Å². The molecule has 0 aromatic heterocycles. The van der Waals surface area contributed by atoms with Crippen LogP contribution in [0.1, 0.15) is 11.1 Å². The van der Waals surface area contributed by atoms with Crippen LogP contribution in [0.4, 0.5) is 5.69 Å². The minimum atomic E-state index is -0.167. The van der Waals surface area contributed by atoms with Gasteiger partial charge in [0.25, 0.3) is 5.91 Å². The summed E-state index contributed by atoms with van der Waals surface area (Å²) < 4.78 is 0.843. The molecular weight excluding hydrogens is 378 g/mol. The van der Waals surface area contributed by atoms with Crippen molar-refractivity contribution in [2.24, 2.45) is 0 Å². The van der Waals surface area contributed by atoms with E-state index in [-0.39, 0.29) is 11.7 Å². The summed E-state index contributed by atoms with van der Waals surface area (Å²) in [6.45, 7) is 0. The fourth-order valence-electron chi connectivity index (χ4n) is 2.94. The molecule has 1 aliphatic rings. The van der Waals surface area contributed by atoms with E-state index in [2.05, 4.69) is 21.2 Å². The molecule has 0 unspecified atom stereocenters. The molecule has 0 fully saturated rings. The number of hydrogen-bond acceptors (Lipinski definition) is 2. The first-order valence-corrected chi connectivity index (χ1v) is 8.62. The summed E-state index contributed by atoms with van der Waals surface area (Å²) in [7, 11) is 0. The van der Waals surface area contributed by atoms with Crippen molar-refractivity contribution in [2.75, 3.05) is 5.32 Å². The minimum Gasteiger partial charge on any atom is -0.507 e. The number of amides is 1. The second-order valence-electron chi connectivity index (χ2n) is 5.84. The van der Waals surface area contributed by atoms with Gasteiger partial charge in [-0.05, 0) is 41.5 Å². The molecule has 0 spiro atoms. The van der Waals surface area contributed by atoms with Crippen molar-refractivity contribution < 1.29 is 9.90 Å². The Morgan fingerprint density at radius 3 is 2.52 bits per heavy atom. The summed E-state index contributed by atoms with van der Waals surface area (Å²) >= 11 is 3.39. The molecular formula is C21H14BrNO2. The molecule has 0 bridgehead atoms. The van der Waals surface area contributed by atoms with Gasteiger partial charge in [0.1, 0.15) is 5.75 Å². The molecule has 0 saturated carbocycles. The minimum absolute atomic E-state index is 0.137. The van der Waals surface area contributed by atoms with E-state index in [0.29, 0.717) is 11.1 Å². The van der Waals surface area contributed by atoms with Gasteiger partial charge in [0, 0.05) is 26.9 Å². The average Bonchev–Trinajstić information content (AvgIpc) is 2.93. The Balaban J connectivity index is 1.78. The molecule has 2 N–H and O–H groups in total. The lowest BCUT2D eigenvalue weighted by Gasteiger charge is -2.05. The number of fused-ring (bicyclic) bond motifs is 1. The Bertz CT molecular complexity index is 1010. The van der Waals surface area contributed by atoms with Gasteiger partial charge in [0.15, 0.2) is 0 Å². The maximum absolute atomic E-state index is 12.4. The predicted molar refractivity (Wildman–Crippen MR) is 104 cm³/mol. The largest absolute Gasteiger partial charge is 0.507 e. The molecule has 3 nitrogen and oxygen atoms in total. The molecule has 3 aromatic carbocycles. The zero-order valence-corrected chi connectivity index (χ0v) is 14.7. The van der Waals surface area contributed by atoms with Crippen molar-refractivity contribution >= 4 is 39.2 Å². The van der Waals surface area contributed by atoms with Gasteiger partial charge in [0.05, 0.1) is 0 Å². The highest BCUT2D eigenvalue weighted by atomic mass is 79.9. The number of carbonyl (C=O) groups is 1. The third-order valence-electron chi connectivity index (χ3n) is 4.20. The number of anilines is 1. The summed E-state index contributed by atoms with van der Waals surface area (Å²) in [4.78, 5) is 12.4.